The molecule has 7 unspecified atom stereocenters. The Bertz CT molecular complexity index is 910. The van der Waals surface area contributed by atoms with Gasteiger partial charge in [-0.1, -0.05) is 153 Å². The maximum absolute atomic E-state index is 12.8. The molecule has 1 heterocycles. The van der Waals surface area contributed by atoms with Gasteiger partial charge in [0.1, 0.15) is 24.4 Å². The van der Waals surface area contributed by atoms with Crippen molar-refractivity contribution in [3.05, 3.63) is 36.5 Å². The van der Waals surface area contributed by atoms with Gasteiger partial charge in [-0.05, 0) is 51.4 Å². The summed E-state index contributed by atoms with van der Waals surface area (Å²) < 4.78 is 11.1. The van der Waals surface area contributed by atoms with Gasteiger partial charge in [0.15, 0.2) is 6.29 Å². The van der Waals surface area contributed by atoms with Crippen LogP contribution in [-0.2, 0) is 14.3 Å². The molecule has 0 aromatic carbocycles. The maximum atomic E-state index is 12.8. The van der Waals surface area contributed by atoms with Crippen LogP contribution in [0.25, 0.3) is 0 Å². The van der Waals surface area contributed by atoms with Crippen LogP contribution in [0.5, 0.6) is 0 Å². The van der Waals surface area contributed by atoms with E-state index in [0.717, 1.165) is 57.8 Å². The number of aliphatic hydroxyl groups excluding tert-OH is 5. The molecule has 0 radical (unpaired) electrons. The molecule has 1 aliphatic rings. The third-order valence-electron chi connectivity index (χ3n) is 9.94. The van der Waals surface area contributed by atoms with E-state index in [4.69, 9.17) is 9.47 Å². The van der Waals surface area contributed by atoms with Gasteiger partial charge in [0.25, 0.3) is 0 Å². The molecule has 0 bridgehead atoms. The highest BCUT2D eigenvalue weighted by atomic mass is 16.7. The van der Waals surface area contributed by atoms with Gasteiger partial charge < -0.3 is 40.3 Å². The molecule has 0 spiro atoms. The number of nitrogens with one attached hydrogen (secondary N) is 1. The molecule has 52 heavy (non-hydrogen) atoms. The second-order valence-corrected chi connectivity index (χ2v) is 14.8. The number of allylic oxidation sites excluding steroid dienone is 5. The van der Waals surface area contributed by atoms with Crippen molar-refractivity contribution < 1.29 is 39.8 Å². The highest BCUT2D eigenvalue weighted by molar-refractivity contribution is 5.76. The Kier molecular flexibility index (Phi) is 31.6. The van der Waals surface area contributed by atoms with Crippen LogP contribution in [-0.4, -0.2) is 87.5 Å². The van der Waals surface area contributed by atoms with E-state index in [9.17, 15) is 30.3 Å². The first kappa shape index (κ1) is 48.4. The Morgan fingerprint density at radius 1 is 0.635 bits per heavy atom. The zero-order valence-electron chi connectivity index (χ0n) is 33.1. The van der Waals surface area contributed by atoms with E-state index in [-0.39, 0.29) is 12.5 Å². The molecule has 0 aliphatic carbocycles. The van der Waals surface area contributed by atoms with Crippen LogP contribution in [0.2, 0.25) is 0 Å². The van der Waals surface area contributed by atoms with Crippen LogP contribution >= 0.6 is 0 Å². The molecule has 9 nitrogen and oxygen atoms in total. The standard InChI is InChI=1S/C43H79NO8/c1-3-5-7-9-11-13-15-16-17-18-19-20-21-22-23-24-26-28-30-32-37(46)36(35-51-43-42(50)41(49)40(48)38(34-45)52-43)44-39(47)33-31-29-27-25-14-12-10-8-6-4-2/h10,12,23-24,30,32,36-38,40-43,45-46,48-50H,3-9,11,13-22,25-29,31,33-35H2,1-2H3,(H,44,47)/b12-10-,24-23+,32-30+. The van der Waals surface area contributed by atoms with Gasteiger partial charge in [-0.3, -0.25) is 4.79 Å². The molecule has 9 heteroatoms. The first-order valence-corrected chi connectivity index (χ1v) is 21.2. The molecule has 0 aromatic heterocycles. The summed E-state index contributed by atoms with van der Waals surface area (Å²) in [5, 5.41) is 53.9. The maximum Gasteiger partial charge on any atom is 0.220 e. The zero-order chi connectivity index (χ0) is 38.1. The van der Waals surface area contributed by atoms with Crippen molar-refractivity contribution in [3.8, 4) is 0 Å². The van der Waals surface area contributed by atoms with Crippen molar-refractivity contribution in [2.45, 2.75) is 217 Å². The van der Waals surface area contributed by atoms with Crippen LogP contribution in [0, 0.1) is 0 Å². The fraction of sp³-hybridized carbons (Fsp3) is 0.837. The second-order valence-electron chi connectivity index (χ2n) is 14.8. The molecule has 6 N–H and O–H groups in total. The molecule has 7 atom stereocenters. The third kappa shape index (κ3) is 24.7. The number of carbonyl (C=O) groups excluding carboxylic acids is 1. The Labute approximate surface area is 317 Å². The molecule has 1 aliphatic heterocycles. The lowest BCUT2D eigenvalue weighted by Gasteiger charge is -2.40. The normalized spacial score (nSPS) is 22.2. The third-order valence-corrected chi connectivity index (χ3v) is 9.94. The molecule has 0 aromatic rings. The van der Waals surface area contributed by atoms with Crippen molar-refractivity contribution >= 4 is 5.91 Å². The average molecular weight is 738 g/mol. The number of hydrogen-bond acceptors (Lipinski definition) is 8. The summed E-state index contributed by atoms with van der Waals surface area (Å²) in [7, 11) is 0. The van der Waals surface area contributed by atoms with Crippen LogP contribution in [0.3, 0.4) is 0 Å². The Morgan fingerprint density at radius 2 is 1.12 bits per heavy atom. The first-order valence-electron chi connectivity index (χ1n) is 21.2. The van der Waals surface area contributed by atoms with Crippen LogP contribution in [0.15, 0.2) is 36.5 Å². The Morgan fingerprint density at radius 3 is 1.67 bits per heavy atom. The van der Waals surface area contributed by atoms with E-state index < -0.39 is 49.5 Å². The fourth-order valence-corrected chi connectivity index (χ4v) is 6.45. The molecular formula is C43H79NO8. The van der Waals surface area contributed by atoms with E-state index >= 15 is 0 Å². The summed E-state index contributed by atoms with van der Waals surface area (Å²) in [6.45, 7) is 3.69. The van der Waals surface area contributed by atoms with Crippen LogP contribution in [0.4, 0.5) is 0 Å². The van der Waals surface area contributed by atoms with Gasteiger partial charge in [-0.25, -0.2) is 0 Å². The summed E-state index contributed by atoms with van der Waals surface area (Å²) in [6.07, 6.45) is 33.4. The lowest BCUT2D eigenvalue weighted by atomic mass is 9.99. The SMILES string of the molecule is CCCC/C=C\CCCCCCC(=O)NC(COC1OC(CO)C(O)C(O)C1O)C(O)/C=C/CC/C=C/CCCCCCCCCCCCCCC. The number of rotatable bonds is 34. The van der Waals surface area contributed by atoms with Gasteiger partial charge in [-0.2, -0.15) is 0 Å². The Balaban J connectivity index is 2.41. The minimum atomic E-state index is -1.57. The quantitative estimate of drug-likeness (QED) is 0.0287. The summed E-state index contributed by atoms with van der Waals surface area (Å²) in [5.41, 5.74) is 0. The van der Waals surface area contributed by atoms with Crippen molar-refractivity contribution in [1.82, 2.24) is 5.32 Å². The molecule has 0 saturated carbocycles. The topological polar surface area (TPSA) is 149 Å². The lowest BCUT2D eigenvalue weighted by Crippen LogP contribution is -2.60. The molecule has 304 valence electrons. The Hall–Kier alpha value is -1.59. The van der Waals surface area contributed by atoms with Gasteiger partial charge in [0.05, 0.1) is 25.4 Å². The van der Waals surface area contributed by atoms with E-state index in [1.165, 1.54) is 96.3 Å². The van der Waals surface area contributed by atoms with Gasteiger partial charge in [0, 0.05) is 6.42 Å². The van der Waals surface area contributed by atoms with Gasteiger partial charge in [-0.15, -0.1) is 0 Å². The summed E-state index contributed by atoms with van der Waals surface area (Å²) >= 11 is 0. The fourth-order valence-electron chi connectivity index (χ4n) is 6.45. The molecule has 1 amide bonds. The number of unbranched alkanes of at least 4 members (excludes halogenated alkanes) is 20. The van der Waals surface area contributed by atoms with Crippen molar-refractivity contribution in [2.75, 3.05) is 13.2 Å². The largest absolute Gasteiger partial charge is 0.394 e. The van der Waals surface area contributed by atoms with E-state index in [0.29, 0.717) is 6.42 Å². The monoisotopic (exact) mass is 738 g/mol. The summed E-state index contributed by atoms with van der Waals surface area (Å²) in [6, 6.07) is -0.824. The second kappa shape index (κ2) is 33.9. The number of aliphatic hydroxyl groups is 5. The van der Waals surface area contributed by atoms with E-state index in [2.05, 4.69) is 43.5 Å². The van der Waals surface area contributed by atoms with E-state index in [1.54, 1.807) is 6.08 Å². The van der Waals surface area contributed by atoms with Crippen LogP contribution in [0.1, 0.15) is 174 Å². The summed E-state index contributed by atoms with van der Waals surface area (Å²) in [5.74, 6) is -0.203. The molecular weight excluding hydrogens is 658 g/mol. The minimum Gasteiger partial charge on any atom is -0.394 e. The predicted molar refractivity (Wildman–Crippen MR) is 212 cm³/mol. The highest BCUT2D eigenvalue weighted by Crippen LogP contribution is 2.22. The van der Waals surface area contributed by atoms with Crippen LogP contribution < -0.4 is 5.32 Å². The minimum absolute atomic E-state index is 0.203. The molecule has 1 saturated heterocycles. The first-order chi connectivity index (χ1) is 25.3. The number of carbonyl (C=O) groups is 1. The van der Waals surface area contributed by atoms with Crippen molar-refractivity contribution in [1.29, 1.82) is 0 Å². The lowest BCUT2D eigenvalue weighted by molar-refractivity contribution is -0.302. The number of amides is 1. The smallest absolute Gasteiger partial charge is 0.220 e. The van der Waals surface area contributed by atoms with E-state index in [1.807, 2.05) is 6.08 Å². The highest BCUT2D eigenvalue weighted by Gasteiger charge is 2.44. The predicted octanol–water partition coefficient (Wildman–Crippen LogP) is 8.11. The summed E-state index contributed by atoms with van der Waals surface area (Å²) in [4.78, 5) is 12.8. The zero-order valence-corrected chi connectivity index (χ0v) is 33.1. The van der Waals surface area contributed by atoms with Gasteiger partial charge in [0.2, 0.25) is 5.91 Å². The van der Waals surface area contributed by atoms with Crippen molar-refractivity contribution in [3.63, 3.8) is 0 Å². The molecule has 1 rings (SSSR count). The number of hydrogen-bond donors (Lipinski definition) is 6. The molecule has 1 fully saturated rings. The van der Waals surface area contributed by atoms with Gasteiger partial charge >= 0.3 is 0 Å². The number of ether oxygens (including phenoxy) is 2. The average Bonchev–Trinajstić information content (AvgIpc) is 3.14. The van der Waals surface area contributed by atoms with Crippen molar-refractivity contribution in [2.24, 2.45) is 0 Å².